The Morgan fingerprint density at radius 1 is 1.20 bits per heavy atom. The summed E-state index contributed by atoms with van der Waals surface area (Å²) in [6.07, 6.45) is 3.70. The third-order valence-electron chi connectivity index (χ3n) is 2.48. The van der Waals surface area contributed by atoms with E-state index in [1.807, 2.05) is 0 Å². The number of aliphatic hydroxyl groups excluding tert-OH is 1. The molecule has 2 atom stereocenters. The smallest absolute Gasteiger partial charge is 1.00 e. The van der Waals surface area contributed by atoms with Crippen molar-refractivity contribution < 1.29 is 25.4 Å². The SMILES string of the molecule is CC1CCCC(C)C1O.[H-].[Li+]. The molecule has 0 radical (unpaired) electrons. The maximum atomic E-state index is 9.45. The van der Waals surface area contributed by atoms with Gasteiger partial charge in [-0.3, -0.25) is 0 Å². The Hall–Kier alpha value is 0.557. The van der Waals surface area contributed by atoms with Gasteiger partial charge in [0.15, 0.2) is 0 Å². The number of hydrogen-bond donors (Lipinski definition) is 1. The normalized spacial score (nSPS) is 40.5. The summed E-state index contributed by atoms with van der Waals surface area (Å²) >= 11 is 0. The van der Waals surface area contributed by atoms with Gasteiger partial charge in [0.25, 0.3) is 0 Å². The molecular weight excluding hydrogens is 119 g/mol. The Kier molecular flexibility index (Phi) is 4.69. The minimum atomic E-state index is -0.0289. The van der Waals surface area contributed by atoms with Crippen LogP contribution in [0.5, 0.6) is 0 Å². The van der Waals surface area contributed by atoms with Crippen LogP contribution < -0.4 is 18.9 Å². The van der Waals surface area contributed by atoms with Crippen LogP contribution in [0, 0.1) is 11.8 Å². The average molecular weight is 136 g/mol. The van der Waals surface area contributed by atoms with Crippen molar-refractivity contribution >= 4 is 0 Å². The molecule has 0 aromatic rings. The summed E-state index contributed by atoms with van der Waals surface area (Å²) in [4.78, 5) is 0. The van der Waals surface area contributed by atoms with Gasteiger partial charge in [0.2, 0.25) is 0 Å². The van der Waals surface area contributed by atoms with Crippen molar-refractivity contribution in [1.29, 1.82) is 0 Å². The van der Waals surface area contributed by atoms with Gasteiger partial charge in [0, 0.05) is 0 Å². The first kappa shape index (κ1) is 10.6. The zero-order chi connectivity index (χ0) is 6.85. The molecule has 0 aliphatic heterocycles. The summed E-state index contributed by atoms with van der Waals surface area (Å²) in [5.74, 6) is 1.07. The zero-order valence-corrected chi connectivity index (χ0v) is 7.30. The molecule has 1 rings (SSSR count). The summed E-state index contributed by atoms with van der Waals surface area (Å²) in [7, 11) is 0. The quantitative estimate of drug-likeness (QED) is 0.420. The standard InChI is InChI=1S/C8H16O.Li.H/c1-6-4-3-5-7(2)8(6)9;;/h6-9H,3-5H2,1-2H3;;/q;+1;-1. The van der Waals surface area contributed by atoms with E-state index < -0.39 is 0 Å². The molecular formula is C8H17LiO. The number of aliphatic hydroxyl groups is 1. The summed E-state index contributed by atoms with van der Waals surface area (Å²) in [5, 5.41) is 9.45. The van der Waals surface area contributed by atoms with Crippen LogP contribution in [0.2, 0.25) is 0 Å². The van der Waals surface area contributed by atoms with Crippen molar-refractivity contribution in [3.8, 4) is 0 Å². The third-order valence-corrected chi connectivity index (χ3v) is 2.48. The fourth-order valence-electron chi connectivity index (χ4n) is 1.66. The first-order valence-corrected chi connectivity index (χ1v) is 3.90. The van der Waals surface area contributed by atoms with Crippen LogP contribution in [0.1, 0.15) is 34.5 Å². The molecule has 56 valence electrons. The van der Waals surface area contributed by atoms with Crippen molar-refractivity contribution in [3.63, 3.8) is 0 Å². The van der Waals surface area contributed by atoms with Crippen molar-refractivity contribution in [2.75, 3.05) is 0 Å². The van der Waals surface area contributed by atoms with Crippen molar-refractivity contribution in [2.45, 2.75) is 39.2 Å². The second kappa shape index (κ2) is 4.44. The van der Waals surface area contributed by atoms with Crippen molar-refractivity contribution in [2.24, 2.45) is 11.8 Å². The molecule has 1 nitrogen and oxygen atoms in total. The van der Waals surface area contributed by atoms with Crippen LogP contribution in [0.25, 0.3) is 0 Å². The van der Waals surface area contributed by atoms with E-state index >= 15 is 0 Å². The van der Waals surface area contributed by atoms with Crippen LogP contribution in [0.3, 0.4) is 0 Å². The molecule has 0 heterocycles. The molecule has 0 aromatic carbocycles. The Labute approximate surface area is 76.9 Å². The average Bonchev–Trinajstić information content (AvgIpc) is 1.83. The number of hydrogen-bond acceptors (Lipinski definition) is 1. The van der Waals surface area contributed by atoms with E-state index in [9.17, 15) is 5.11 Å². The molecule has 1 aliphatic carbocycles. The monoisotopic (exact) mass is 136 g/mol. The minimum absolute atomic E-state index is 0. The molecule has 10 heavy (non-hydrogen) atoms. The molecule has 0 bridgehead atoms. The Morgan fingerprint density at radius 2 is 1.60 bits per heavy atom. The first-order valence-electron chi connectivity index (χ1n) is 3.90. The maximum Gasteiger partial charge on any atom is 1.00 e. The van der Waals surface area contributed by atoms with Gasteiger partial charge in [0.1, 0.15) is 0 Å². The van der Waals surface area contributed by atoms with E-state index in [0.717, 1.165) is 0 Å². The summed E-state index contributed by atoms with van der Waals surface area (Å²) < 4.78 is 0. The van der Waals surface area contributed by atoms with E-state index in [1.54, 1.807) is 0 Å². The summed E-state index contributed by atoms with van der Waals surface area (Å²) in [6.45, 7) is 4.28. The van der Waals surface area contributed by atoms with E-state index in [4.69, 9.17) is 0 Å². The molecule has 0 aromatic heterocycles. The molecule has 1 aliphatic rings. The summed E-state index contributed by atoms with van der Waals surface area (Å²) in [6, 6.07) is 0. The predicted molar refractivity (Wildman–Crippen MR) is 39.3 cm³/mol. The van der Waals surface area contributed by atoms with Gasteiger partial charge in [-0.15, -0.1) is 0 Å². The van der Waals surface area contributed by atoms with Gasteiger partial charge in [0.05, 0.1) is 6.10 Å². The third kappa shape index (κ3) is 2.31. The Morgan fingerprint density at radius 3 is 1.90 bits per heavy atom. The van der Waals surface area contributed by atoms with E-state index in [-0.39, 0.29) is 26.4 Å². The van der Waals surface area contributed by atoms with Gasteiger partial charge in [-0.05, 0) is 24.7 Å². The fraction of sp³-hybridized carbons (Fsp3) is 1.00. The van der Waals surface area contributed by atoms with Crippen LogP contribution in [0.15, 0.2) is 0 Å². The van der Waals surface area contributed by atoms with Gasteiger partial charge in [-0.2, -0.15) is 0 Å². The zero-order valence-electron chi connectivity index (χ0n) is 8.30. The second-order valence-electron chi connectivity index (χ2n) is 3.38. The molecule has 1 fully saturated rings. The van der Waals surface area contributed by atoms with E-state index in [2.05, 4.69) is 13.8 Å². The van der Waals surface area contributed by atoms with Crippen LogP contribution in [-0.4, -0.2) is 11.2 Å². The molecule has 2 unspecified atom stereocenters. The molecule has 1 saturated carbocycles. The predicted octanol–water partition coefficient (Wildman–Crippen LogP) is -1.08. The maximum absolute atomic E-state index is 9.45. The minimum Gasteiger partial charge on any atom is -1.00 e. The molecule has 0 amide bonds. The molecule has 1 N–H and O–H groups in total. The molecule has 0 spiro atoms. The van der Waals surface area contributed by atoms with E-state index in [1.165, 1.54) is 19.3 Å². The fourth-order valence-corrected chi connectivity index (χ4v) is 1.66. The topological polar surface area (TPSA) is 20.2 Å². The van der Waals surface area contributed by atoms with Crippen LogP contribution in [0.4, 0.5) is 0 Å². The van der Waals surface area contributed by atoms with Gasteiger partial charge in [-0.25, -0.2) is 0 Å². The van der Waals surface area contributed by atoms with Gasteiger partial charge >= 0.3 is 18.9 Å². The van der Waals surface area contributed by atoms with Crippen molar-refractivity contribution in [3.05, 3.63) is 0 Å². The Balaban J connectivity index is 0. The van der Waals surface area contributed by atoms with Crippen molar-refractivity contribution in [1.82, 2.24) is 0 Å². The molecule has 0 saturated heterocycles. The largest absolute Gasteiger partial charge is 1.00 e. The number of rotatable bonds is 0. The Bertz CT molecular complexity index is 90.1. The van der Waals surface area contributed by atoms with Gasteiger partial charge < -0.3 is 6.53 Å². The van der Waals surface area contributed by atoms with Crippen LogP contribution >= 0.6 is 0 Å². The second-order valence-corrected chi connectivity index (χ2v) is 3.38. The van der Waals surface area contributed by atoms with Gasteiger partial charge in [-0.1, -0.05) is 20.3 Å². The van der Waals surface area contributed by atoms with E-state index in [0.29, 0.717) is 11.8 Å². The molecule has 2 heteroatoms. The van der Waals surface area contributed by atoms with Crippen LogP contribution in [-0.2, 0) is 0 Å². The summed E-state index contributed by atoms with van der Waals surface area (Å²) in [5.41, 5.74) is 0. The first-order chi connectivity index (χ1) is 4.22.